The average Bonchev–Trinajstić information content (AvgIpc) is 2.90. The Morgan fingerprint density at radius 2 is 2.12 bits per heavy atom. The van der Waals surface area contributed by atoms with Gasteiger partial charge in [-0.3, -0.25) is 9.59 Å². The van der Waals surface area contributed by atoms with Crippen LogP contribution in [0.3, 0.4) is 0 Å². The molecule has 0 saturated carbocycles. The topological polar surface area (TPSA) is 76.1 Å². The number of carbonyl (C=O) groups is 1. The molecule has 0 aliphatic heterocycles. The Balaban J connectivity index is 1.71. The van der Waals surface area contributed by atoms with E-state index in [4.69, 9.17) is 4.74 Å². The quantitative estimate of drug-likeness (QED) is 0.748. The van der Waals surface area contributed by atoms with Crippen LogP contribution in [-0.4, -0.2) is 29.1 Å². The van der Waals surface area contributed by atoms with Gasteiger partial charge in [0.25, 0.3) is 11.5 Å². The standard InChI is InChI=1S/C19H21N3O3/c1-12-4-5-14-13(11-22(2)16(14)8-12)6-7-20-19(24)15-10-21-18(23)9-17(15)25-3/h4-5,8-11H,6-7H2,1-3H3,(H,20,24)(H,21,23). The van der Waals surface area contributed by atoms with Crippen LogP contribution in [-0.2, 0) is 13.5 Å². The van der Waals surface area contributed by atoms with Crippen molar-refractivity contribution >= 4 is 16.8 Å². The van der Waals surface area contributed by atoms with E-state index in [2.05, 4.69) is 46.2 Å². The van der Waals surface area contributed by atoms with Gasteiger partial charge in [0.2, 0.25) is 0 Å². The normalized spacial score (nSPS) is 10.8. The minimum Gasteiger partial charge on any atom is -0.496 e. The van der Waals surface area contributed by atoms with Gasteiger partial charge < -0.3 is 19.6 Å². The molecule has 130 valence electrons. The molecule has 0 saturated heterocycles. The van der Waals surface area contributed by atoms with Gasteiger partial charge in [0.1, 0.15) is 5.75 Å². The van der Waals surface area contributed by atoms with E-state index in [-0.39, 0.29) is 17.2 Å². The smallest absolute Gasteiger partial charge is 0.256 e. The number of pyridine rings is 1. The van der Waals surface area contributed by atoms with E-state index < -0.39 is 0 Å². The van der Waals surface area contributed by atoms with Gasteiger partial charge in [-0.25, -0.2) is 0 Å². The predicted molar refractivity (Wildman–Crippen MR) is 97.3 cm³/mol. The number of benzene rings is 1. The molecule has 2 aromatic heterocycles. The zero-order valence-corrected chi connectivity index (χ0v) is 14.6. The number of nitrogens with zero attached hydrogens (tertiary/aromatic N) is 1. The van der Waals surface area contributed by atoms with Gasteiger partial charge in [-0.05, 0) is 30.5 Å². The Morgan fingerprint density at radius 1 is 1.32 bits per heavy atom. The molecule has 0 spiro atoms. The van der Waals surface area contributed by atoms with Gasteiger partial charge in [-0.1, -0.05) is 12.1 Å². The Bertz CT molecular complexity index is 985. The summed E-state index contributed by atoms with van der Waals surface area (Å²) in [5.41, 5.74) is 3.60. The van der Waals surface area contributed by atoms with Gasteiger partial charge in [0.15, 0.2) is 0 Å². The summed E-state index contributed by atoms with van der Waals surface area (Å²) in [6, 6.07) is 7.63. The number of aryl methyl sites for hydroxylation is 2. The van der Waals surface area contributed by atoms with Crippen LogP contribution in [0.2, 0.25) is 0 Å². The van der Waals surface area contributed by atoms with Crippen molar-refractivity contribution in [2.45, 2.75) is 13.3 Å². The summed E-state index contributed by atoms with van der Waals surface area (Å²) in [4.78, 5) is 26.1. The molecule has 2 heterocycles. The molecular formula is C19H21N3O3. The summed E-state index contributed by atoms with van der Waals surface area (Å²) in [5.74, 6) is -0.00827. The predicted octanol–water partition coefficient (Wildman–Crippen LogP) is 2.16. The van der Waals surface area contributed by atoms with Crippen molar-refractivity contribution in [3.05, 3.63) is 63.7 Å². The fraction of sp³-hybridized carbons (Fsp3) is 0.263. The maximum absolute atomic E-state index is 12.3. The summed E-state index contributed by atoms with van der Waals surface area (Å²) < 4.78 is 7.20. The summed E-state index contributed by atoms with van der Waals surface area (Å²) >= 11 is 0. The van der Waals surface area contributed by atoms with Crippen molar-refractivity contribution in [1.82, 2.24) is 14.9 Å². The first-order valence-corrected chi connectivity index (χ1v) is 8.09. The number of fused-ring (bicyclic) bond motifs is 1. The Labute approximate surface area is 145 Å². The van der Waals surface area contributed by atoms with E-state index in [9.17, 15) is 9.59 Å². The zero-order valence-electron chi connectivity index (χ0n) is 14.6. The second kappa shape index (κ2) is 6.84. The number of hydrogen-bond acceptors (Lipinski definition) is 3. The molecule has 6 heteroatoms. The number of methoxy groups -OCH3 is 1. The summed E-state index contributed by atoms with van der Waals surface area (Å²) in [6.07, 6.45) is 4.19. The van der Waals surface area contributed by atoms with Crippen LogP contribution >= 0.6 is 0 Å². The lowest BCUT2D eigenvalue weighted by Gasteiger charge is -2.08. The van der Waals surface area contributed by atoms with Crippen molar-refractivity contribution in [2.75, 3.05) is 13.7 Å². The van der Waals surface area contributed by atoms with Crippen LogP contribution in [0.1, 0.15) is 21.5 Å². The number of amides is 1. The van der Waals surface area contributed by atoms with Crippen LogP contribution < -0.4 is 15.6 Å². The molecule has 3 rings (SSSR count). The zero-order chi connectivity index (χ0) is 18.0. The highest BCUT2D eigenvalue weighted by atomic mass is 16.5. The SMILES string of the molecule is COc1cc(=O)[nH]cc1C(=O)NCCc1cn(C)c2cc(C)ccc12. The van der Waals surface area contributed by atoms with E-state index in [1.165, 1.54) is 41.4 Å². The third-order valence-electron chi connectivity index (χ3n) is 4.26. The largest absolute Gasteiger partial charge is 0.496 e. The van der Waals surface area contributed by atoms with Gasteiger partial charge in [-0.2, -0.15) is 0 Å². The molecular weight excluding hydrogens is 318 g/mol. The maximum Gasteiger partial charge on any atom is 0.256 e. The second-order valence-electron chi connectivity index (χ2n) is 6.07. The van der Waals surface area contributed by atoms with Crippen LogP contribution in [0.5, 0.6) is 5.75 Å². The molecule has 0 aliphatic carbocycles. The summed E-state index contributed by atoms with van der Waals surface area (Å²) in [7, 11) is 3.46. The molecule has 1 amide bonds. The molecule has 0 fully saturated rings. The van der Waals surface area contributed by atoms with E-state index in [0.717, 1.165) is 6.42 Å². The second-order valence-corrected chi connectivity index (χ2v) is 6.07. The van der Waals surface area contributed by atoms with Crippen LogP contribution in [0.15, 0.2) is 41.5 Å². The first-order chi connectivity index (χ1) is 12.0. The third-order valence-corrected chi connectivity index (χ3v) is 4.26. The third kappa shape index (κ3) is 3.42. The Kier molecular flexibility index (Phi) is 4.61. The first-order valence-electron chi connectivity index (χ1n) is 8.09. The molecule has 3 aromatic rings. The molecule has 6 nitrogen and oxygen atoms in total. The van der Waals surface area contributed by atoms with E-state index in [1.54, 1.807) is 0 Å². The highest BCUT2D eigenvalue weighted by Gasteiger charge is 2.13. The molecule has 2 N–H and O–H groups in total. The molecule has 0 unspecified atom stereocenters. The number of ether oxygens (including phenoxy) is 1. The van der Waals surface area contributed by atoms with E-state index in [1.807, 2.05) is 7.05 Å². The monoisotopic (exact) mass is 339 g/mol. The lowest BCUT2D eigenvalue weighted by molar-refractivity contribution is 0.0950. The fourth-order valence-electron chi connectivity index (χ4n) is 2.98. The number of carbonyl (C=O) groups excluding carboxylic acids is 1. The van der Waals surface area contributed by atoms with Crippen LogP contribution in [0, 0.1) is 6.92 Å². The van der Waals surface area contributed by atoms with Gasteiger partial charge >= 0.3 is 0 Å². The van der Waals surface area contributed by atoms with Crippen molar-refractivity contribution in [3.63, 3.8) is 0 Å². The lowest BCUT2D eigenvalue weighted by atomic mass is 10.1. The highest BCUT2D eigenvalue weighted by molar-refractivity contribution is 5.96. The minimum absolute atomic E-state index is 0.266. The van der Waals surface area contributed by atoms with Crippen molar-refractivity contribution in [2.24, 2.45) is 7.05 Å². The maximum atomic E-state index is 12.3. The Hall–Kier alpha value is -3.02. The number of aromatic amines is 1. The molecule has 1 aromatic carbocycles. The van der Waals surface area contributed by atoms with E-state index >= 15 is 0 Å². The van der Waals surface area contributed by atoms with Crippen molar-refractivity contribution < 1.29 is 9.53 Å². The minimum atomic E-state index is -0.306. The van der Waals surface area contributed by atoms with Crippen LogP contribution in [0.4, 0.5) is 0 Å². The first kappa shape index (κ1) is 16.8. The fourth-order valence-corrected chi connectivity index (χ4v) is 2.98. The number of rotatable bonds is 5. The molecule has 0 aliphatic rings. The van der Waals surface area contributed by atoms with Crippen molar-refractivity contribution in [1.29, 1.82) is 0 Å². The average molecular weight is 339 g/mol. The van der Waals surface area contributed by atoms with Crippen LogP contribution in [0.25, 0.3) is 10.9 Å². The molecule has 25 heavy (non-hydrogen) atoms. The number of hydrogen-bond donors (Lipinski definition) is 2. The molecule has 0 bridgehead atoms. The van der Waals surface area contributed by atoms with Gasteiger partial charge in [0, 0.05) is 43.0 Å². The number of aromatic nitrogens is 2. The number of H-pyrrole nitrogens is 1. The molecule has 0 atom stereocenters. The summed E-state index contributed by atoms with van der Waals surface area (Å²) in [5, 5.41) is 4.07. The van der Waals surface area contributed by atoms with Crippen molar-refractivity contribution in [3.8, 4) is 5.75 Å². The lowest BCUT2D eigenvalue weighted by Crippen LogP contribution is -2.27. The highest BCUT2D eigenvalue weighted by Crippen LogP contribution is 2.22. The number of nitrogens with one attached hydrogen (secondary N) is 2. The Morgan fingerprint density at radius 3 is 2.88 bits per heavy atom. The van der Waals surface area contributed by atoms with Gasteiger partial charge in [-0.15, -0.1) is 0 Å². The van der Waals surface area contributed by atoms with Gasteiger partial charge in [0.05, 0.1) is 12.7 Å². The van der Waals surface area contributed by atoms with E-state index in [0.29, 0.717) is 12.1 Å². The molecule has 0 radical (unpaired) electrons. The summed E-state index contributed by atoms with van der Waals surface area (Å²) in [6.45, 7) is 2.57.